The molecule has 1 heterocycles. The Bertz CT molecular complexity index is 336. The molecule has 0 bridgehead atoms. The van der Waals surface area contributed by atoms with E-state index in [0.29, 0.717) is 5.75 Å². The first-order valence-corrected chi connectivity index (χ1v) is 4.70. The number of phenolic OH excluding ortho intramolecular Hbond substituents is 1. The Hall–Kier alpha value is -0.290. The number of likely N-dealkylation sites (N-methyl/N-ethyl adjacent to an activating group) is 1. The number of fused-ring (bicyclic) bond motifs is 1. The Labute approximate surface area is 102 Å². The van der Waals surface area contributed by atoms with Crippen LogP contribution in [0.15, 0.2) is 18.2 Å². The Balaban J connectivity index is 0.000000980. The normalized spacial score (nSPS) is 18.1. The van der Waals surface area contributed by atoms with Gasteiger partial charge in [-0.25, -0.2) is 0 Å². The minimum atomic E-state index is 0. The molecule has 1 aromatic carbocycles. The number of rotatable bonds is 0. The third-order valence-electron chi connectivity index (χ3n) is 2.77. The van der Waals surface area contributed by atoms with Crippen LogP contribution in [-0.4, -0.2) is 30.2 Å². The summed E-state index contributed by atoms with van der Waals surface area (Å²) in [5.74, 6) is 0.394. The minimum absolute atomic E-state index is 0. The molecule has 0 saturated carbocycles. The van der Waals surface area contributed by atoms with Crippen LogP contribution in [0.4, 0.5) is 0 Å². The van der Waals surface area contributed by atoms with Gasteiger partial charge >= 0.3 is 0 Å². The lowest BCUT2D eigenvalue weighted by Crippen LogP contribution is -3.00. The summed E-state index contributed by atoms with van der Waals surface area (Å²) in [6.45, 7) is 2.24. The van der Waals surface area contributed by atoms with Gasteiger partial charge in [0.15, 0.2) is 0 Å². The monoisotopic (exact) mass is 305 g/mol. The summed E-state index contributed by atoms with van der Waals surface area (Å²) >= 11 is 0. The van der Waals surface area contributed by atoms with E-state index in [0.717, 1.165) is 24.0 Å². The van der Waals surface area contributed by atoms with E-state index in [1.807, 2.05) is 12.1 Å². The molecule has 1 aliphatic heterocycles. The number of benzene rings is 1. The largest absolute Gasteiger partial charge is 1.00 e. The van der Waals surface area contributed by atoms with E-state index in [9.17, 15) is 5.11 Å². The molecular weight excluding hydrogens is 289 g/mol. The van der Waals surface area contributed by atoms with Crippen molar-refractivity contribution in [3.05, 3.63) is 29.3 Å². The van der Waals surface area contributed by atoms with Crippen molar-refractivity contribution in [1.82, 2.24) is 0 Å². The van der Waals surface area contributed by atoms with Crippen LogP contribution in [0.3, 0.4) is 0 Å². The van der Waals surface area contributed by atoms with Crippen LogP contribution < -0.4 is 24.0 Å². The highest BCUT2D eigenvalue weighted by atomic mass is 127. The van der Waals surface area contributed by atoms with E-state index < -0.39 is 0 Å². The molecule has 0 atom stereocenters. The molecule has 0 unspecified atom stereocenters. The standard InChI is InChI=1S/C11H15NO.HI/c1-12(2)6-5-9-7-11(13)4-3-10(9)8-12;/h3-4,7H,5-6,8H2,1-2H3;1H. The number of phenols is 1. The maximum absolute atomic E-state index is 9.31. The van der Waals surface area contributed by atoms with E-state index in [4.69, 9.17) is 0 Å². The molecule has 0 saturated heterocycles. The van der Waals surface area contributed by atoms with Crippen LogP contribution in [0.25, 0.3) is 0 Å². The minimum Gasteiger partial charge on any atom is -1.00 e. The molecule has 0 aromatic heterocycles. The van der Waals surface area contributed by atoms with Gasteiger partial charge in [-0.15, -0.1) is 0 Å². The fourth-order valence-electron chi connectivity index (χ4n) is 1.96. The molecule has 1 aromatic rings. The lowest BCUT2D eigenvalue weighted by Gasteiger charge is -2.34. The van der Waals surface area contributed by atoms with Gasteiger partial charge in [0.25, 0.3) is 0 Å². The lowest BCUT2D eigenvalue weighted by atomic mass is 9.98. The first kappa shape index (κ1) is 11.8. The number of aromatic hydroxyl groups is 1. The van der Waals surface area contributed by atoms with Crippen LogP contribution in [0.5, 0.6) is 5.75 Å². The van der Waals surface area contributed by atoms with Crippen molar-refractivity contribution >= 4 is 0 Å². The SMILES string of the molecule is C[N+]1(C)CCc2cc(O)ccc2C1.[I-]. The topological polar surface area (TPSA) is 20.2 Å². The predicted molar refractivity (Wildman–Crippen MR) is 52.5 cm³/mol. The van der Waals surface area contributed by atoms with Crippen molar-refractivity contribution in [2.24, 2.45) is 0 Å². The quantitative estimate of drug-likeness (QED) is 0.458. The number of hydrogen-bond acceptors (Lipinski definition) is 1. The second-order valence-electron chi connectivity index (χ2n) is 4.52. The van der Waals surface area contributed by atoms with E-state index in [-0.39, 0.29) is 24.0 Å². The summed E-state index contributed by atoms with van der Waals surface area (Å²) in [6, 6.07) is 5.72. The van der Waals surface area contributed by atoms with E-state index in [1.165, 1.54) is 11.1 Å². The average Bonchev–Trinajstić information content (AvgIpc) is 2.05. The van der Waals surface area contributed by atoms with Gasteiger partial charge in [0.1, 0.15) is 12.3 Å². The van der Waals surface area contributed by atoms with Gasteiger partial charge in [-0.3, -0.25) is 0 Å². The molecule has 0 spiro atoms. The van der Waals surface area contributed by atoms with Crippen LogP contribution >= 0.6 is 0 Å². The van der Waals surface area contributed by atoms with Gasteiger partial charge < -0.3 is 33.6 Å². The smallest absolute Gasteiger partial charge is 0.115 e. The van der Waals surface area contributed by atoms with E-state index in [2.05, 4.69) is 14.1 Å². The van der Waals surface area contributed by atoms with Crippen molar-refractivity contribution in [3.63, 3.8) is 0 Å². The Morgan fingerprint density at radius 3 is 2.64 bits per heavy atom. The summed E-state index contributed by atoms with van der Waals surface area (Å²) in [6.07, 6.45) is 1.08. The number of quaternary nitrogens is 1. The van der Waals surface area contributed by atoms with Crippen molar-refractivity contribution in [1.29, 1.82) is 0 Å². The maximum atomic E-state index is 9.31. The molecule has 0 radical (unpaired) electrons. The average molecular weight is 305 g/mol. The Kier molecular flexibility index (Phi) is 3.42. The Morgan fingerprint density at radius 2 is 1.93 bits per heavy atom. The molecule has 78 valence electrons. The van der Waals surface area contributed by atoms with Crippen molar-refractivity contribution < 1.29 is 33.6 Å². The summed E-state index contributed by atoms with van der Waals surface area (Å²) < 4.78 is 1.05. The summed E-state index contributed by atoms with van der Waals surface area (Å²) in [7, 11) is 4.49. The molecule has 0 amide bonds. The van der Waals surface area contributed by atoms with Gasteiger partial charge in [-0.1, -0.05) is 0 Å². The zero-order chi connectivity index (χ0) is 9.47. The molecule has 1 N–H and O–H groups in total. The van der Waals surface area contributed by atoms with E-state index >= 15 is 0 Å². The summed E-state index contributed by atoms with van der Waals surface area (Å²) in [5.41, 5.74) is 2.70. The van der Waals surface area contributed by atoms with Crippen LogP contribution in [-0.2, 0) is 13.0 Å². The molecule has 1 aliphatic rings. The van der Waals surface area contributed by atoms with Crippen molar-refractivity contribution in [2.75, 3.05) is 20.6 Å². The first-order valence-electron chi connectivity index (χ1n) is 4.70. The second kappa shape index (κ2) is 4.06. The van der Waals surface area contributed by atoms with Gasteiger partial charge in [0.2, 0.25) is 0 Å². The fraction of sp³-hybridized carbons (Fsp3) is 0.455. The third-order valence-corrected chi connectivity index (χ3v) is 2.77. The highest BCUT2D eigenvalue weighted by Crippen LogP contribution is 2.24. The molecule has 0 aliphatic carbocycles. The van der Waals surface area contributed by atoms with Crippen LogP contribution in [0.1, 0.15) is 11.1 Å². The highest BCUT2D eigenvalue weighted by molar-refractivity contribution is 5.35. The zero-order valence-electron chi connectivity index (χ0n) is 8.63. The zero-order valence-corrected chi connectivity index (χ0v) is 10.8. The molecule has 14 heavy (non-hydrogen) atoms. The first-order chi connectivity index (χ1) is 6.07. The lowest BCUT2D eigenvalue weighted by molar-refractivity contribution is -0.905. The maximum Gasteiger partial charge on any atom is 0.115 e. The molecule has 0 fully saturated rings. The molecule has 2 rings (SSSR count). The fourth-order valence-corrected chi connectivity index (χ4v) is 1.96. The van der Waals surface area contributed by atoms with E-state index in [1.54, 1.807) is 6.07 Å². The molecule has 2 nitrogen and oxygen atoms in total. The highest BCUT2D eigenvalue weighted by Gasteiger charge is 2.23. The molecule has 3 heteroatoms. The summed E-state index contributed by atoms with van der Waals surface area (Å²) in [4.78, 5) is 0. The van der Waals surface area contributed by atoms with Gasteiger partial charge in [-0.05, 0) is 23.8 Å². The predicted octanol–water partition coefficient (Wildman–Crippen LogP) is -1.47. The summed E-state index contributed by atoms with van der Waals surface area (Å²) in [5, 5.41) is 9.31. The van der Waals surface area contributed by atoms with Crippen LogP contribution in [0.2, 0.25) is 0 Å². The van der Waals surface area contributed by atoms with Gasteiger partial charge in [0, 0.05) is 12.0 Å². The van der Waals surface area contributed by atoms with Gasteiger partial charge in [-0.2, -0.15) is 0 Å². The number of hydrogen-bond donors (Lipinski definition) is 1. The number of halogens is 1. The third kappa shape index (κ3) is 2.39. The van der Waals surface area contributed by atoms with Crippen molar-refractivity contribution in [2.45, 2.75) is 13.0 Å². The Morgan fingerprint density at radius 1 is 1.21 bits per heavy atom. The van der Waals surface area contributed by atoms with Crippen molar-refractivity contribution in [3.8, 4) is 5.75 Å². The van der Waals surface area contributed by atoms with Gasteiger partial charge in [0.05, 0.1) is 20.6 Å². The molecular formula is C11H16INO. The number of nitrogens with zero attached hydrogens (tertiary/aromatic N) is 1. The second-order valence-corrected chi connectivity index (χ2v) is 4.52. The van der Waals surface area contributed by atoms with Crippen LogP contribution in [0, 0.1) is 0 Å².